The fraction of sp³-hybridized carbons (Fsp3) is 0.545. The first-order chi connectivity index (χ1) is 7.59. The minimum atomic E-state index is -0.744. The van der Waals surface area contributed by atoms with Gasteiger partial charge >= 0.3 is 5.97 Å². The van der Waals surface area contributed by atoms with Crippen LogP contribution >= 0.6 is 0 Å². The van der Waals surface area contributed by atoms with Crippen LogP contribution < -0.4 is 5.32 Å². The number of aryl methyl sites for hydroxylation is 2. The molecule has 5 nitrogen and oxygen atoms in total. The first-order valence-corrected chi connectivity index (χ1v) is 5.35. The molecule has 5 heteroatoms. The SMILES string of the molecule is Cc1ncc(NCCCCC(=O)O)nc1C. The second-order valence-electron chi connectivity index (χ2n) is 3.70. The van der Waals surface area contributed by atoms with Crippen LogP contribution in [0.4, 0.5) is 5.82 Å². The summed E-state index contributed by atoms with van der Waals surface area (Å²) in [5.41, 5.74) is 1.84. The maximum atomic E-state index is 10.3. The third-order valence-corrected chi connectivity index (χ3v) is 2.32. The molecule has 2 N–H and O–H groups in total. The summed E-state index contributed by atoms with van der Waals surface area (Å²) >= 11 is 0. The van der Waals surface area contributed by atoms with Gasteiger partial charge < -0.3 is 10.4 Å². The predicted octanol–water partition coefficient (Wildman–Crippen LogP) is 1.76. The van der Waals surface area contributed by atoms with Gasteiger partial charge in [0.2, 0.25) is 0 Å². The number of hydrogen-bond acceptors (Lipinski definition) is 4. The maximum absolute atomic E-state index is 10.3. The van der Waals surface area contributed by atoms with E-state index in [1.165, 1.54) is 0 Å². The van der Waals surface area contributed by atoms with Crippen LogP contribution in [0.15, 0.2) is 6.20 Å². The van der Waals surface area contributed by atoms with Crippen molar-refractivity contribution >= 4 is 11.8 Å². The van der Waals surface area contributed by atoms with E-state index in [1.54, 1.807) is 6.20 Å². The molecule has 0 aliphatic heterocycles. The van der Waals surface area contributed by atoms with Crippen molar-refractivity contribution in [3.63, 3.8) is 0 Å². The molecule has 0 spiro atoms. The molecule has 0 aliphatic rings. The Morgan fingerprint density at radius 2 is 2.12 bits per heavy atom. The molecule has 0 aliphatic carbocycles. The van der Waals surface area contributed by atoms with E-state index in [4.69, 9.17) is 5.11 Å². The number of nitrogens with one attached hydrogen (secondary N) is 1. The molecule has 0 radical (unpaired) electrons. The molecule has 0 unspecified atom stereocenters. The summed E-state index contributed by atoms with van der Waals surface area (Å²) in [6.07, 6.45) is 3.42. The van der Waals surface area contributed by atoms with Gasteiger partial charge in [0.25, 0.3) is 0 Å². The molecule has 16 heavy (non-hydrogen) atoms. The van der Waals surface area contributed by atoms with Gasteiger partial charge in [0, 0.05) is 13.0 Å². The van der Waals surface area contributed by atoms with Gasteiger partial charge in [-0.2, -0.15) is 0 Å². The number of carboxylic acids is 1. The molecule has 1 aromatic heterocycles. The van der Waals surface area contributed by atoms with E-state index in [1.807, 2.05) is 13.8 Å². The standard InChI is InChI=1S/C11H17N3O2/c1-8-9(2)14-10(7-13-8)12-6-4-3-5-11(15)16/h7H,3-6H2,1-2H3,(H,12,14)(H,15,16). The first-order valence-electron chi connectivity index (χ1n) is 5.35. The number of anilines is 1. The normalized spacial score (nSPS) is 10.1. The monoisotopic (exact) mass is 223 g/mol. The Morgan fingerprint density at radius 3 is 2.75 bits per heavy atom. The van der Waals surface area contributed by atoms with E-state index in [2.05, 4.69) is 15.3 Å². The van der Waals surface area contributed by atoms with Crippen LogP contribution in [-0.4, -0.2) is 27.6 Å². The Kier molecular flexibility index (Phi) is 4.69. The molecule has 0 amide bonds. The van der Waals surface area contributed by atoms with Crippen molar-refractivity contribution < 1.29 is 9.90 Å². The molecule has 0 saturated heterocycles. The van der Waals surface area contributed by atoms with Crippen LogP contribution in [0.1, 0.15) is 30.7 Å². The van der Waals surface area contributed by atoms with Gasteiger partial charge in [0.1, 0.15) is 5.82 Å². The van der Waals surface area contributed by atoms with Crippen LogP contribution in [0.3, 0.4) is 0 Å². The third kappa shape index (κ3) is 4.25. The Balaban J connectivity index is 2.27. The molecule has 0 fully saturated rings. The van der Waals surface area contributed by atoms with Crippen molar-refractivity contribution in [1.29, 1.82) is 0 Å². The molecule has 1 aromatic rings. The lowest BCUT2D eigenvalue weighted by molar-refractivity contribution is -0.137. The van der Waals surface area contributed by atoms with E-state index in [0.717, 1.165) is 30.2 Å². The molecular formula is C11H17N3O2. The van der Waals surface area contributed by atoms with Gasteiger partial charge in [-0.25, -0.2) is 4.98 Å². The number of aromatic nitrogens is 2. The topological polar surface area (TPSA) is 75.1 Å². The van der Waals surface area contributed by atoms with E-state index in [-0.39, 0.29) is 6.42 Å². The highest BCUT2D eigenvalue weighted by molar-refractivity contribution is 5.66. The fourth-order valence-corrected chi connectivity index (χ4v) is 1.24. The maximum Gasteiger partial charge on any atom is 0.303 e. The number of carbonyl (C=O) groups is 1. The van der Waals surface area contributed by atoms with Gasteiger partial charge in [0.15, 0.2) is 0 Å². The van der Waals surface area contributed by atoms with E-state index in [9.17, 15) is 4.79 Å². The highest BCUT2D eigenvalue weighted by Gasteiger charge is 1.99. The minimum Gasteiger partial charge on any atom is -0.481 e. The minimum absolute atomic E-state index is 0.223. The molecule has 0 saturated carbocycles. The number of aliphatic carboxylic acids is 1. The van der Waals surface area contributed by atoms with Gasteiger partial charge in [-0.15, -0.1) is 0 Å². The summed E-state index contributed by atoms with van der Waals surface area (Å²) in [6.45, 7) is 4.56. The van der Waals surface area contributed by atoms with Crippen molar-refractivity contribution in [3.05, 3.63) is 17.6 Å². The molecule has 1 heterocycles. The van der Waals surface area contributed by atoms with E-state index < -0.39 is 5.97 Å². The van der Waals surface area contributed by atoms with E-state index in [0.29, 0.717) is 6.42 Å². The van der Waals surface area contributed by atoms with Crippen molar-refractivity contribution in [2.45, 2.75) is 33.1 Å². The lowest BCUT2D eigenvalue weighted by Gasteiger charge is -2.06. The highest BCUT2D eigenvalue weighted by atomic mass is 16.4. The molecule has 1 rings (SSSR count). The lowest BCUT2D eigenvalue weighted by Crippen LogP contribution is -2.06. The quantitative estimate of drug-likeness (QED) is 0.719. The summed E-state index contributed by atoms with van der Waals surface area (Å²) in [6, 6.07) is 0. The van der Waals surface area contributed by atoms with Gasteiger partial charge in [-0.05, 0) is 26.7 Å². The smallest absolute Gasteiger partial charge is 0.303 e. The Bertz CT molecular complexity index is 366. The molecular weight excluding hydrogens is 206 g/mol. The number of carboxylic acid groups (broad SMARTS) is 1. The lowest BCUT2D eigenvalue weighted by atomic mass is 10.2. The highest BCUT2D eigenvalue weighted by Crippen LogP contribution is 2.06. The van der Waals surface area contributed by atoms with Crippen molar-refractivity contribution in [1.82, 2.24) is 9.97 Å². The Hall–Kier alpha value is -1.65. The number of nitrogens with zero attached hydrogens (tertiary/aromatic N) is 2. The molecule has 0 aromatic carbocycles. The molecule has 88 valence electrons. The van der Waals surface area contributed by atoms with Crippen molar-refractivity contribution in [3.8, 4) is 0 Å². The van der Waals surface area contributed by atoms with Gasteiger partial charge in [-0.1, -0.05) is 0 Å². The van der Waals surface area contributed by atoms with Crippen LogP contribution in [0.5, 0.6) is 0 Å². The van der Waals surface area contributed by atoms with Crippen molar-refractivity contribution in [2.24, 2.45) is 0 Å². The average Bonchev–Trinajstić information content (AvgIpc) is 2.22. The number of rotatable bonds is 6. The van der Waals surface area contributed by atoms with Crippen LogP contribution in [0.25, 0.3) is 0 Å². The van der Waals surface area contributed by atoms with Gasteiger partial charge in [-0.3, -0.25) is 9.78 Å². The predicted molar refractivity (Wildman–Crippen MR) is 61.5 cm³/mol. The first kappa shape index (κ1) is 12.4. The zero-order chi connectivity index (χ0) is 12.0. The van der Waals surface area contributed by atoms with Crippen LogP contribution in [-0.2, 0) is 4.79 Å². The summed E-state index contributed by atoms with van der Waals surface area (Å²) in [4.78, 5) is 18.8. The largest absolute Gasteiger partial charge is 0.481 e. The second kappa shape index (κ2) is 6.05. The number of unbranched alkanes of at least 4 members (excludes halogenated alkanes) is 1. The molecule has 0 atom stereocenters. The van der Waals surface area contributed by atoms with Gasteiger partial charge in [0.05, 0.1) is 17.6 Å². The third-order valence-electron chi connectivity index (χ3n) is 2.32. The zero-order valence-electron chi connectivity index (χ0n) is 9.66. The Morgan fingerprint density at radius 1 is 1.38 bits per heavy atom. The van der Waals surface area contributed by atoms with E-state index >= 15 is 0 Å². The van der Waals surface area contributed by atoms with Crippen molar-refractivity contribution in [2.75, 3.05) is 11.9 Å². The summed E-state index contributed by atoms with van der Waals surface area (Å²) in [5, 5.41) is 11.6. The second-order valence-corrected chi connectivity index (χ2v) is 3.70. The fourth-order valence-electron chi connectivity index (χ4n) is 1.24. The number of hydrogen-bond donors (Lipinski definition) is 2. The molecule has 0 bridgehead atoms. The Labute approximate surface area is 94.9 Å². The summed E-state index contributed by atoms with van der Waals surface area (Å²) < 4.78 is 0. The average molecular weight is 223 g/mol. The zero-order valence-corrected chi connectivity index (χ0v) is 9.66. The van der Waals surface area contributed by atoms with Crippen LogP contribution in [0, 0.1) is 13.8 Å². The van der Waals surface area contributed by atoms with Crippen LogP contribution in [0.2, 0.25) is 0 Å². The summed E-state index contributed by atoms with van der Waals surface area (Å²) in [7, 11) is 0. The summed E-state index contributed by atoms with van der Waals surface area (Å²) in [5.74, 6) is 0.00407.